The molecule has 0 aliphatic carbocycles. The minimum absolute atomic E-state index is 0.0318. The fourth-order valence-electron chi connectivity index (χ4n) is 2.77. The minimum atomic E-state index is -0.0318. The summed E-state index contributed by atoms with van der Waals surface area (Å²) in [5.74, 6) is 0.181. The van der Waals surface area contributed by atoms with Crippen molar-refractivity contribution in [2.75, 3.05) is 32.7 Å². The van der Waals surface area contributed by atoms with Gasteiger partial charge in [-0.25, -0.2) is 4.79 Å². The van der Waals surface area contributed by atoms with Crippen LogP contribution in [0.25, 0.3) is 0 Å². The standard InChI is InChI=1S/C18H27N3O2/c1-3-15-5-7-16(8-6-15)9-10-17(22)20-11-13-21(14-12-20)18(23)19-4-2/h5-8H,3-4,9-14H2,1-2H3,(H,19,23). The van der Waals surface area contributed by atoms with Crippen LogP contribution in [-0.4, -0.2) is 54.5 Å². The van der Waals surface area contributed by atoms with Gasteiger partial charge in [0.25, 0.3) is 0 Å². The molecule has 1 heterocycles. The quantitative estimate of drug-likeness (QED) is 0.904. The lowest BCUT2D eigenvalue weighted by molar-refractivity contribution is -0.132. The predicted molar refractivity (Wildman–Crippen MR) is 91.4 cm³/mol. The summed E-state index contributed by atoms with van der Waals surface area (Å²) in [4.78, 5) is 27.7. The van der Waals surface area contributed by atoms with Crippen molar-refractivity contribution in [2.24, 2.45) is 0 Å². The summed E-state index contributed by atoms with van der Waals surface area (Å²) < 4.78 is 0. The first kappa shape index (κ1) is 17.3. The third kappa shape index (κ3) is 4.98. The van der Waals surface area contributed by atoms with Gasteiger partial charge in [-0.15, -0.1) is 0 Å². The van der Waals surface area contributed by atoms with E-state index >= 15 is 0 Å². The number of hydrogen-bond acceptors (Lipinski definition) is 2. The number of nitrogens with zero attached hydrogens (tertiary/aromatic N) is 2. The van der Waals surface area contributed by atoms with Gasteiger partial charge in [0.15, 0.2) is 0 Å². The molecule has 5 nitrogen and oxygen atoms in total. The summed E-state index contributed by atoms with van der Waals surface area (Å²) in [6.45, 7) is 7.17. The van der Waals surface area contributed by atoms with Crippen molar-refractivity contribution in [1.29, 1.82) is 0 Å². The Hall–Kier alpha value is -2.04. The lowest BCUT2D eigenvalue weighted by Crippen LogP contribution is -2.53. The maximum atomic E-state index is 12.3. The van der Waals surface area contributed by atoms with Gasteiger partial charge in [-0.3, -0.25) is 4.79 Å². The molecule has 1 fully saturated rings. The number of hydrogen-bond donors (Lipinski definition) is 1. The van der Waals surface area contributed by atoms with E-state index < -0.39 is 0 Å². The molecule has 0 spiro atoms. The number of carbonyl (C=O) groups excluding carboxylic acids is 2. The predicted octanol–water partition coefficient (Wildman–Crippen LogP) is 2.06. The number of aryl methyl sites for hydroxylation is 2. The molecule has 2 rings (SSSR count). The number of nitrogens with one attached hydrogen (secondary N) is 1. The van der Waals surface area contributed by atoms with Crippen LogP contribution in [0.15, 0.2) is 24.3 Å². The number of benzene rings is 1. The van der Waals surface area contributed by atoms with Crippen LogP contribution in [0.3, 0.4) is 0 Å². The van der Waals surface area contributed by atoms with Crippen LogP contribution in [0.4, 0.5) is 4.79 Å². The van der Waals surface area contributed by atoms with Crippen LogP contribution in [0, 0.1) is 0 Å². The van der Waals surface area contributed by atoms with Gasteiger partial charge in [0.2, 0.25) is 5.91 Å². The topological polar surface area (TPSA) is 52.7 Å². The normalized spacial score (nSPS) is 14.7. The van der Waals surface area contributed by atoms with E-state index in [1.165, 1.54) is 11.1 Å². The van der Waals surface area contributed by atoms with Gasteiger partial charge in [-0.05, 0) is 30.9 Å². The molecule has 3 amide bonds. The molecule has 1 saturated heterocycles. The Labute approximate surface area is 138 Å². The van der Waals surface area contributed by atoms with E-state index in [0.717, 1.165) is 12.8 Å². The Morgan fingerprint density at radius 3 is 2.09 bits per heavy atom. The number of piperazine rings is 1. The molecule has 1 aliphatic rings. The zero-order valence-corrected chi connectivity index (χ0v) is 14.2. The molecule has 0 bridgehead atoms. The zero-order valence-electron chi connectivity index (χ0n) is 14.2. The highest BCUT2D eigenvalue weighted by atomic mass is 16.2. The molecule has 5 heteroatoms. The first-order chi connectivity index (χ1) is 11.1. The number of urea groups is 1. The first-order valence-electron chi connectivity index (χ1n) is 8.52. The number of carbonyl (C=O) groups is 2. The second-order valence-corrected chi connectivity index (χ2v) is 5.87. The van der Waals surface area contributed by atoms with Crippen molar-refractivity contribution in [3.05, 3.63) is 35.4 Å². The summed E-state index contributed by atoms with van der Waals surface area (Å²) >= 11 is 0. The van der Waals surface area contributed by atoms with Gasteiger partial charge in [-0.2, -0.15) is 0 Å². The average molecular weight is 317 g/mol. The summed E-state index contributed by atoms with van der Waals surface area (Å²) in [5.41, 5.74) is 2.53. The van der Waals surface area contributed by atoms with Gasteiger partial charge >= 0.3 is 6.03 Å². The maximum Gasteiger partial charge on any atom is 0.317 e. The van der Waals surface area contributed by atoms with Gasteiger partial charge in [-0.1, -0.05) is 31.2 Å². The smallest absolute Gasteiger partial charge is 0.317 e. The van der Waals surface area contributed by atoms with Crippen molar-refractivity contribution < 1.29 is 9.59 Å². The van der Waals surface area contributed by atoms with Crippen molar-refractivity contribution >= 4 is 11.9 Å². The lowest BCUT2D eigenvalue weighted by atomic mass is 10.1. The fourth-order valence-corrected chi connectivity index (χ4v) is 2.77. The summed E-state index contributed by atoms with van der Waals surface area (Å²) in [6.07, 6.45) is 2.35. The van der Waals surface area contributed by atoms with Crippen molar-refractivity contribution in [2.45, 2.75) is 33.1 Å². The molecule has 1 N–H and O–H groups in total. The minimum Gasteiger partial charge on any atom is -0.339 e. The fraction of sp³-hybridized carbons (Fsp3) is 0.556. The van der Waals surface area contributed by atoms with E-state index in [-0.39, 0.29) is 11.9 Å². The molecule has 1 aliphatic heterocycles. The Morgan fingerprint density at radius 1 is 0.957 bits per heavy atom. The SMILES string of the molecule is CCNC(=O)N1CCN(C(=O)CCc2ccc(CC)cc2)CC1. The maximum absolute atomic E-state index is 12.3. The second-order valence-electron chi connectivity index (χ2n) is 5.87. The summed E-state index contributed by atoms with van der Waals surface area (Å²) in [6, 6.07) is 8.45. The van der Waals surface area contributed by atoms with Crippen molar-refractivity contribution in [3.63, 3.8) is 0 Å². The van der Waals surface area contributed by atoms with E-state index in [9.17, 15) is 9.59 Å². The Morgan fingerprint density at radius 2 is 1.52 bits per heavy atom. The Kier molecular flexibility index (Phi) is 6.44. The van der Waals surface area contributed by atoms with Crippen LogP contribution in [0.1, 0.15) is 31.4 Å². The van der Waals surface area contributed by atoms with Crippen molar-refractivity contribution in [3.8, 4) is 0 Å². The van der Waals surface area contributed by atoms with Crippen LogP contribution in [0.2, 0.25) is 0 Å². The monoisotopic (exact) mass is 317 g/mol. The van der Waals surface area contributed by atoms with Crippen LogP contribution < -0.4 is 5.32 Å². The third-order valence-corrected chi connectivity index (χ3v) is 4.31. The molecule has 126 valence electrons. The number of rotatable bonds is 5. The molecular formula is C18H27N3O2. The van der Waals surface area contributed by atoms with Crippen LogP contribution in [0.5, 0.6) is 0 Å². The summed E-state index contributed by atoms with van der Waals surface area (Å²) in [5, 5.41) is 2.80. The highest BCUT2D eigenvalue weighted by Crippen LogP contribution is 2.10. The van der Waals surface area contributed by atoms with Crippen molar-refractivity contribution in [1.82, 2.24) is 15.1 Å². The van der Waals surface area contributed by atoms with Crippen LogP contribution >= 0.6 is 0 Å². The van der Waals surface area contributed by atoms with E-state index in [1.807, 2.05) is 11.8 Å². The van der Waals surface area contributed by atoms with Gasteiger partial charge in [0.1, 0.15) is 0 Å². The molecular weight excluding hydrogens is 290 g/mol. The molecule has 1 aromatic rings. The third-order valence-electron chi connectivity index (χ3n) is 4.31. The second kappa shape index (κ2) is 8.56. The van der Waals surface area contributed by atoms with E-state index in [0.29, 0.717) is 39.1 Å². The molecule has 0 aromatic heterocycles. The molecule has 1 aromatic carbocycles. The van der Waals surface area contributed by atoms with Gasteiger partial charge < -0.3 is 15.1 Å². The molecule has 0 saturated carbocycles. The average Bonchev–Trinajstić information content (AvgIpc) is 2.60. The molecule has 0 unspecified atom stereocenters. The van der Waals surface area contributed by atoms with E-state index in [1.54, 1.807) is 4.90 Å². The molecule has 0 radical (unpaired) electrons. The van der Waals surface area contributed by atoms with Crippen LogP contribution in [-0.2, 0) is 17.6 Å². The van der Waals surface area contributed by atoms with Gasteiger partial charge in [0.05, 0.1) is 0 Å². The van der Waals surface area contributed by atoms with E-state index in [4.69, 9.17) is 0 Å². The zero-order chi connectivity index (χ0) is 16.7. The summed E-state index contributed by atoms with van der Waals surface area (Å²) in [7, 11) is 0. The molecule has 23 heavy (non-hydrogen) atoms. The molecule has 0 atom stereocenters. The first-order valence-corrected chi connectivity index (χ1v) is 8.52. The largest absolute Gasteiger partial charge is 0.339 e. The Balaban J connectivity index is 1.75. The van der Waals surface area contributed by atoms with E-state index in [2.05, 4.69) is 36.5 Å². The van der Waals surface area contributed by atoms with Gasteiger partial charge in [0, 0.05) is 39.1 Å². The lowest BCUT2D eigenvalue weighted by Gasteiger charge is -2.34. The highest BCUT2D eigenvalue weighted by Gasteiger charge is 2.23. The highest BCUT2D eigenvalue weighted by molar-refractivity contribution is 5.78. The number of amides is 3. The Bertz CT molecular complexity index is 520.